The summed E-state index contributed by atoms with van der Waals surface area (Å²) in [5, 5.41) is 14.2. The minimum absolute atomic E-state index is 0. The number of benzene rings is 1. The Morgan fingerprint density at radius 3 is 2.77 bits per heavy atom. The number of nitro benzene ring substituents is 1. The minimum atomic E-state index is -0.384. The fourth-order valence-corrected chi connectivity index (χ4v) is 2.96. The number of likely N-dealkylation sites (tertiary alicyclic amines) is 1. The van der Waals surface area contributed by atoms with E-state index >= 15 is 0 Å². The van der Waals surface area contributed by atoms with Gasteiger partial charge < -0.3 is 15.0 Å². The first-order valence-corrected chi connectivity index (χ1v) is 8.85. The highest BCUT2D eigenvalue weighted by molar-refractivity contribution is 14.0. The van der Waals surface area contributed by atoms with Crippen molar-refractivity contribution < 1.29 is 9.66 Å². The Balaban J connectivity index is 0.00000338. The second-order valence-corrected chi connectivity index (χ2v) is 6.53. The van der Waals surface area contributed by atoms with Crippen molar-refractivity contribution in [2.24, 2.45) is 10.9 Å². The van der Waals surface area contributed by atoms with Crippen LogP contribution >= 0.6 is 24.0 Å². The number of non-ortho nitro benzene ring substituents is 1. The summed E-state index contributed by atoms with van der Waals surface area (Å²) in [5.74, 6) is 1.58. The van der Waals surface area contributed by atoms with E-state index in [-0.39, 0.29) is 34.6 Å². The first-order chi connectivity index (χ1) is 12.1. The molecule has 1 aromatic carbocycles. The topological polar surface area (TPSA) is 80.0 Å². The number of nitro groups is 1. The molecule has 1 N–H and O–H groups in total. The van der Waals surface area contributed by atoms with Crippen molar-refractivity contribution in [3.05, 3.63) is 39.9 Å². The molecule has 146 valence electrons. The molecule has 8 heteroatoms. The molecular weight excluding hydrogens is 447 g/mol. The van der Waals surface area contributed by atoms with Gasteiger partial charge in [-0.15, -0.1) is 24.0 Å². The average molecular weight is 476 g/mol. The zero-order chi connectivity index (χ0) is 18.1. The number of guanidine groups is 1. The number of methoxy groups -OCH3 is 1. The van der Waals surface area contributed by atoms with E-state index in [1.54, 1.807) is 19.2 Å². The highest BCUT2D eigenvalue weighted by Gasteiger charge is 2.19. The van der Waals surface area contributed by atoms with Crippen LogP contribution in [-0.2, 0) is 11.3 Å². The van der Waals surface area contributed by atoms with Gasteiger partial charge in [-0.2, -0.15) is 0 Å². The van der Waals surface area contributed by atoms with Crippen LogP contribution in [0, 0.1) is 16.0 Å². The fraction of sp³-hybridized carbons (Fsp3) is 0.611. The standard InChI is InChI=1S/C18H28N4O3.HI/c1-15-5-3-11-21(14-15)18(19-10-4-12-25-2)20-13-16-6-8-17(9-7-16)22(23)24;/h6-9,15H,3-5,10-14H2,1-2H3,(H,19,20);1H. The maximum Gasteiger partial charge on any atom is 0.269 e. The van der Waals surface area contributed by atoms with Crippen LogP contribution in [0.5, 0.6) is 0 Å². The molecule has 2 rings (SSSR count). The van der Waals surface area contributed by atoms with E-state index in [9.17, 15) is 10.1 Å². The van der Waals surface area contributed by atoms with Crippen molar-refractivity contribution >= 4 is 35.6 Å². The zero-order valence-electron chi connectivity index (χ0n) is 15.5. The lowest BCUT2D eigenvalue weighted by Crippen LogP contribution is -2.46. The van der Waals surface area contributed by atoms with Crippen LogP contribution in [0.15, 0.2) is 29.3 Å². The van der Waals surface area contributed by atoms with Crippen molar-refractivity contribution in [2.75, 3.05) is 33.4 Å². The van der Waals surface area contributed by atoms with Gasteiger partial charge in [0.1, 0.15) is 0 Å². The number of hydrogen-bond donors (Lipinski definition) is 1. The Kier molecular flexibility index (Phi) is 10.5. The van der Waals surface area contributed by atoms with Gasteiger partial charge in [-0.3, -0.25) is 10.1 Å². The van der Waals surface area contributed by atoms with Gasteiger partial charge >= 0.3 is 0 Å². The molecule has 7 nitrogen and oxygen atoms in total. The molecule has 0 spiro atoms. The summed E-state index contributed by atoms with van der Waals surface area (Å²) in [6, 6.07) is 6.59. The first-order valence-electron chi connectivity index (χ1n) is 8.85. The van der Waals surface area contributed by atoms with Crippen molar-refractivity contribution in [2.45, 2.75) is 32.7 Å². The molecule has 1 aromatic rings. The molecule has 1 unspecified atom stereocenters. The number of hydrogen-bond acceptors (Lipinski definition) is 4. The molecule has 0 radical (unpaired) electrons. The van der Waals surface area contributed by atoms with Gasteiger partial charge in [-0.1, -0.05) is 19.1 Å². The molecule has 1 fully saturated rings. The van der Waals surface area contributed by atoms with E-state index in [0.717, 1.165) is 44.2 Å². The molecule has 0 aromatic heterocycles. The molecule has 1 aliphatic rings. The van der Waals surface area contributed by atoms with Gasteiger partial charge in [0.05, 0.1) is 11.5 Å². The Morgan fingerprint density at radius 2 is 2.15 bits per heavy atom. The molecule has 1 aliphatic heterocycles. The largest absolute Gasteiger partial charge is 0.385 e. The quantitative estimate of drug-likeness (QED) is 0.163. The number of piperidine rings is 1. The number of aliphatic imine (C=N–C) groups is 1. The van der Waals surface area contributed by atoms with E-state index in [4.69, 9.17) is 9.73 Å². The Hall–Kier alpha value is -1.42. The summed E-state index contributed by atoms with van der Waals surface area (Å²) >= 11 is 0. The van der Waals surface area contributed by atoms with Gasteiger partial charge in [0.25, 0.3) is 5.69 Å². The lowest BCUT2D eigenvalue weighted by molar-refractivity contribution is -0.384. The van der Waals surface area contributed by atoms with Crippen LogP contribution in [0.1, 0.15) is 31.7 Å². The number of nitrogens with zero attached hydrogens (tertiary/aromatic N) is 3. The summed E-state index contributed by atoms with van der Waals surface area (Å²) in [5.41, 5.74) is 1.07. The molecule has 1 atom stereocenters. The molecule has 0 bridgehead atoms. The van der Waals surface area contributed by atoms with Gasteiger partial charge in [-0.25, -0.2) is 4.99 Å². The van der Waals surface area contributed by atoms with Crippen molar-refractivity contribution in [3.63, 3.8) is 0 Å². The summed E-state index contributed by atoms with van der Waals surface area (Å²) in [6.45, 7) is 6.34. The van der Waals surface area contributed by atoms with Crippen molar-refractivity contribution in [3.8, 4) is 0 Å². The third-order valence-corrected chi connectivity index (χ3v) is 4.32. The average Bonchev–Trinajstić information content (AvgIpc) is 2.61. The Labute approximate surface area is 172 Å². The van der Waals surface area contributed by atoms with E-state index in [1.807, 2.05) is 0 Å². The zero-order valence-corrected chi connectivity index (χ0v) is 17.8. The summed E-state index contributed by atoms with van der Waals surface area (Å²) in [7, 11) is 1.70. The maximum absolute atomic E-state index is 10.7. The lowest BCUT2D eigenvalue weighted by Gasteiger charge is -2.33. The number of ether oxygens (including phenoxy) is 1. The number of nitrogens with one attached hydrogen (secondary N) is 1. The molecule has 0 saturated carbocycles. The van der Waals surface area contributed by atoms with Crippen LogP contribution in [0.2, 0.25) is 0 Å². The van der Waals surface area contributed by atoms with E-state index in [2.05, 4.69) is 17.1 Å². The first kappa shape index (κ1) is 22.6. The highest BCUT2D eigenvalue weighted by atomic mass is 127. The smallest absolute Gasteiger partial charge is 0.269 e. The van der Waals surface area contributed by atoms with E-state index in [0.29, 0.717) is 12.5 Å². The molecular formula is C18H29IN4O3. The van der Waals surface area contributed by atoms with Gasteiger partial charge in [-0.05, 0) is 30.7 Å². The molecule has 26 heavy (non-hydrogen) atoms. The third-order valence-electron chi connectivity index (χ3n) is 4.32. The molecule has 0 aliphatic carbocycles. The fourth-order valence-electron chi connectivity index (χ4n) is 2.96. The highest BCUT2D eigenvalue weighted by Crippen LogP contribution is 2.16. The summed E-state index contributed by atoms with van der Waals surface area (Å²) in [6.07, 6.45) is 3.36. The predicted molar refractivity (Wildman–Crippen MR) is 114 cm³/mol. The SMILES string of the molecule is COCCCNC(=NCc1ccc([N+](=O)[O-])cc1)N1CCCC(C)C1.I. The van der Waals surface area contributed by atoms with Gasteiger partial charge in [0.15, 0.2) is 5.96 Å². The molecule has 1 heterocycles. The minimum Gasteiger partial charge on any atom is -0.385 e. The lowest BCUT2D eigenvalue weighted by atomic mass is 10.0. The Morgan fingerprint density at radius 1 is 1.42 bits per heavy atom. The second kappa shape index (κ2) is 12.1. The van der Waals surface area contributed by atoms with E-state index < -0.39 is 0 Å². The number of halogens is 1. The number of rotatable bonds is 7. The van der Waals surface area contributed by atoms with Crippen LogP contribution in [0.4, 0.5) is 5.69 Å². The van der Waals surface area contributed by atoms with Crippen LogP contribution in [0.25, 0.3) is 0 Å². The molecule has 1 saturated heterocycles. The van der Waals surface area contributed by atoms with Crippen LogP contribution in [-0.4, -0.2) is 49.1 Å². The Bertz CT molecular complexity index is 580. The monoisotopic (exact) mass is 476 g/mol. The normalized spacial score (nSPS) is 17.5. The van der Waals surface area contributed by atoms with E-state index in [1.165, 1.54) is 25.0 Å². The third kappa shape index (κ3) is 7.45. The summed E-state index contributed by atoms with van der Waals surface area (Å²) < 4.78 is 5.10. The van der Waals surface area contributed by atoms with Crippen molar-refractivity contribution in [1.29, 1.82) is 0 Å². The second-order valence-electron chi connectivity index (χ2n) is 6.53. The van der Waals surface area contributed by atoms with Gasteiger partial charge in [0, 0.05) is 45.5 Å². The van der Waals surface area contributed by atoms with Gasteiger partial charge in [0.2, 0.25) is 0 Å². The van der Waals surface area contributed by atoms with Crippen LogP contribution in [0.3, 0.4) is 0 Å². The predicted octanol–water partition coefficient (Wildman–Crippen LogP) is 3.43. The van der Waals surface area contributed by atoms with Crippen molar-refractivity contribution in [1.82, 2.24) is 10.2 Å². The molecule has 0 amide bonds. The van der Waals surface area contributed by atoms with Crippen LogP contribution < -0.4 is 5.32 Å². The maximum atomic E-state index is 10.7. The summed E-state index contributed by atoms with van der Waals surface area (Å²) in [4.78, 5) is 17.4.